The van der Waals surface area contributed by atoms with E-state index in [0.717, 1.165) is 16.9 Å². The molecule has 0 saturated carbocycles. The molecule has 3 N–H and O–H groups in total. The summed E-state index contributed by atoms with van der Waals surface area (Å²) in [4.78, 5) is 23.6. The van der Waals surface area contributed by atoms with E-state index in [1.807, 2.05) is 30.3 Å². The Labute approximate surface area is 157 Å². The first kappa shape index (κ1) is 19.1. The molecule has 0 radical (unpaired) electrons. The highest BCUT2D eigenvalue weighted by Gasteiger charge is 2.05. The summed E-state index contributed by atoms with van der Waals surface area (Å²) < 4.78 is 5.06. The SMILES string of the molecule is COc1ccc(CC(=O)NNC(=S)NC(=O)/C=C/c2ccccc2)cc1. The van der Waals surface area contributed by atoms with Gasteiger partial charge in [0.15, 0.2) is 5.11 Å². The Morgan fingerprint density at radius 2 is 1.73 bits per heavy atom. The minimum absolute atomic E-state index is 0.00999. The molecule has 0 aromatic heterocycles. The van der Waals surface area contributed by atoms with Gasteiger partial charge in [-0.1, -0.05) is 42.5 Å². The van der Waals surface area contributed by atoms with Crippen molar-refractivity contribution in [3.8, 4) is 5.75 Å². The number of nitrogens with one attached hydrogen (secondary N) is 3. The van der Waals surface area contributed by atoms with E-state index in [-0.39, 0.29) is 17.4 Å². The summed E-state index contributed by atoms with van der Waals surface area (Å²) in [5, 5.41) is 2.46. The van der Waals surface area contributed by atoms with E-state index >= 15 is 0 Å². The summed E-state index contributed by atoms with van der Waals surface area (Å²) in [7, 11) is 1.58. The van der Waals surface area contributed by atoms with Crippen LogP contribution in [0, 0.1) is 0 Å². The molecular weight excluding hydrogens is 350 g/mol. The van der Waals surface area contributed by atoms with Crippen molar-refractivity contribution in [2.45, 2.75) is 6.42 Å². The molecular formula is C19H19N3O3S. The topological polar surface area (TPSA) is 79.5 Å². The lowest BCUT2D eigenvalue weighted by Gasteiger charge is -2.10. The van der Waals surface area contributed by atoms with Gasteiger partial charge in [-0.3, -0.25) is 25.8 Å². The van der Waals surface area contributed by atoms with Crippen molar-refractivity contribution >= 4 is 35.2 Å². The zero-order valence-corrected chi connectivity index (χ0v) is 15.0. The van der Waals surface area contributed by atoms with Crippen molar-refractivity contribution in [2.24, 2.45) is 0 Å². The second kappa shape index (κ2) is 9.95. The van der Waals surface area contributed by atoms with Crippen molar-refractivity contribution in [1.29, 1.82) is 0 Å². The van der Waals surface area contributed by atoms with Gasteiger partial charge < -0.3 is 4.74 Å². The standard InChI is InChI=1S/C19H19N3O3S/c1-25-16-10-7-15(8-11-16)13-18(24)21-22-19(26)20-17(23)12-9-14-5-3-2-4-6-14/h2-12H,13H2,1H3,(H,21,24)(H2,20,22,23,26)/b12-9+. The number of ether oxygens (including phenoxy) is 1. The van der Waals surface area contributed by atoms with Gasteiger partial charge >= 0.3 is 0 Å². The minimum Gasteiger partial charge on any atom is -0.497 e. The third kappa shape index (κ3) is 6.74. The van der Waals surface area contributed by atoms with Crippen LogP contribution in [0.3, 0.4) is 0 Å². The molecule has 2 aromatic rings. The van der Waals surface area contributed by atoms with E-state index in [0.29, 0.717) is 0 Å². The van der Waals surface area contributed by atoms with Crippen LogP contribution in [0.1, 0.15) is 11.1 Å². The van der Waals surface area contributed by atoms with Gasteiger partial charge in [0.05, 0.1) is 13.5 Å². The highest BCUT2D eigenvalue weighted by molar-refractivity contribution is 7.80. The number of carbonyl (C=O) groups excluding carboxylic acids is 2. The van der Waals surface area contributed by atoms with Gasteiger partial charge in [-0.2, -0.15) is 0 Å². The molecule has 2 aromatic carbocycles. The van der Waals surface area contributed by atoms with Crippen LogP contribution < -0.4 is 20.9 Å². The molecule has 0 bridgehead atoms. The minimum atomic E-state index is -0.393. The van der Waals surface area contributed by atoms with E-state index in [2.05, 4.69) is 16.2 Å². The average molecular weight is 369 g/mol. The van der Waals surface area contributed by atoms with Gasteiger partial charge in [0.25, 0.3) is 0 Å². The predicted molar refractivity (Wildman–Crippen MR) is 104 cm³/mol. The van der Waals surface area contributed by atoms with Crippen LogP contribution in [-0.4, -0.2) is 24.0 Å². The van der Waals surface area contributed by atoms with Gasteiger partial charge in [-0.25, -0.2) is 0 Å². The van der Waals surface area contributed by atoms with Crippen LogP contribution >= 0.6 is 12.2 Å². The molecule has 0 spiro atoms. The van der Waals surface area contributed by atoms with Crippen LogP contribution in [0.25, 0.3) is 6.08 Å². The second-order valence-electron chi connectivity index (χ2n) is 5.26. The fraction of sp³-hybridized carbons (Fsp3) is 0.105. The molecule has 0 heterocycles. The summed E-state index contributed by atoms with van der Waals surface area (Å²) in [6, 6.07) is 16.6. The molecule has 2 amide bonds. The summed E-state index contributed by atoms with van der Waals surface area (Å²) >= 11 is 4.97. The Morgan fingerprint density at radius 3 is 2.38 bits per heavy atom. The van der Waals surface area contributed by atoms with Crippen LogP contribution in [0.5, 0.6) is 5.75 Å². The first-order valence-corrected chi connectivity index (χ1v) is 8.23. The van der Waals surface area contributed by atoms with Gasteiger partial charge in [0.2, 0.25) is 11.8 Å². The van der Waals surface area contributed by atoms with E-state index in [4.69, 9.17) is 17.0 Å². The molecule has 0 unspecified atom stereocenters. The van der Waals surface area contributed by atoms with Crippen LogP contribution in [0.15, 0.2) is 60.7 Å². The predicted octanol–water partition coefficient (Wildman–Crippen LogP) is 1.97. The number of amides is 2. The van der Waals surface area contributed by atoms with E-state index < -0.39 is 5.91 Å². The molecule has 0 saturated heterocycles. The third-order valence-corrected chi connectivity index (χ3v) is 3.51. The molecule has 0 aliphatic heterocycles. The van der Waals surface area contributed by atoms with Crippen LogP contribution in [0.4, 0.5) is 0 Å². The fourth-order valence-corrected chi connectivity index (χ4v) is 2.17. The number of benzene rings is 2. The van der Waals surface area contributed by atoms with E-state index in [1.165, 1.54) is 6.08 Å². The third-order valence-electron chi connectivity index (χ3n) is 3.30. The van der Waals surface area contributed by atoms with Gasteiger partial charge in [0.1, 0.15) is 5.75 Å². The highest BCUT2D eigenvalue weighted by Crippen LogP contribution is 2.11. The quantitative estimate of drug-likeness (QED) is 0.427. The monoisotopic (exact) mass is 369 g/mol. The summed E-state index contributed by atoms with van der Waals surface area (Å²) in [5.41, 5.74) is 6.66. The molecule has 134 valence electrons. The number of rotatable bonds is 5. The van der Waals surface area contributed by atoms with Crippen LogP contribution in [-0.2, 0) is 16.0 Å². The molecule has 0 aliphatic rings. The maximum Gasteiger partial charge on any atom is 0.250 e. The summed E-state index contributed by atoms with van der Waals surface area (Å²) in [6.07, 6.45) is 3.20. The van der Waals surface area contributed by atoms with Crippen molar-refractivity contribution < 1.29 is 14.3 Å². The van der Waals surface area contributed by atoms with Crippen molar-refractivity contribution in [3.05, 3.63) is 71.8 Å². The van der Waals surface area contributed by atoms with Crippen molar-refractivity contribution in [1.82, 2.24) is 16.2 Å². The Hall–Kier alpha value is -3.19. The zero-order valence-electron chi connectivity index (χ0n) is 14.2. The first-order chi connectivity index (χ1) is 12.6. The molecule has 26 heavy (non-hydrogen) atoms. The number of thiocarbonyl (C=S) groups is 1. The molecule has 6 nitrogen and oxygen atoms in total. The molecule has 0 fully saturated rings. The Bertz CT molecular complexity index is 789. The smallest absolute Gasteiger partial charge is 0.250 e. The number of hydrogen-bond donors (Lipinski definition) is 3. The van der Waals surface area contributed by atoms with Crippen LogP contribution in [0.2, 0.25) is 0 Å². The first-order valence-electron chi connectivity index (χ1n) is 7.82. The number of carbonyl (C=O) groups is 2. The van der Waals surface area contributed by atoms with E-state index in [9.17, 15) is 9.59 Å². The number of hydrazine groups is 1. The second-order valence-corrected chi connectivity index (χ2v) is 5.67. The molecule has 0 aliphatic carbocycles. The lowest BCUT2D eigenvalue weighted by Crippen LogP contribution is -2.48. The lowest BCUT2D eigenvalue weighted by molar-refractivity contribution is -0.121. The summed E-state index contributed by atoms with van der Waals surface area (Å²) in [5.74, 6) is 0.0436. The number of hydrogen-bond acceptors (Lipinski definition) is 4. The largest absolute Gasteiger partial charge is 0.497 e. The Kier molecular flexibility index (Phi) is 7.32. The normalized spacial score (nSPS) is 10.2. The fourth-order valence-electron chi connectivity index (χ4n) is 2.02. The lowest BCUT2D eigenvalue weighted by atomic mass is 10.1. The highest BCUT2D eigenvalue weighted by atomic mass is 32.1. The molecule has 0 atom stereocenters. The van der Waals surface area contributed by atoms with Crippen molar-refractivity contribution in [3.63, 3.8) is 0 Å². The van der Waals surface area contributed by atoms with Gasteiger partial charge in [-0.15, -0.1) is 0 Å². The number of methoxy groups -OCH3 is 1. The Balaban J connectivity index is 1.72. The maximum absolute atomic E-state index is 11.9. The average Bonchev–Trinajstić information content (AvgIpc) is 2.66. The van der Waals surface area contributed by atoms with Crippen molar-refractivity contribution in [2.75, 3.05) is 7.11 Å². The molecule has 7 heteroatoms. The van der Waals surface area contributed by atoms with E-state index in [1.54, 1.807) is 37.5 Å². The molecule has 2 rings (SSSR count). The maximum atomic E-state index is 11.9. The van der Waals surface area contributed by atoms with Gasteiger partial charge in [-0.05, 0) is 41.6 Å². The summed E-state index contributed by atoms with van der Waals surface area (Å²) in [6.45, 7) is 0. The Morgan fingerprint density at radius 1 is 1.04 bits per heavy atom. The van der Waals surface area contributed by atoms with Gasteiger partial charge in [0, 0.05) is 6.08 Å². The zero-order chi connectivity index (χ0) is 18.8.